The van der Waals surface area contributed by atoms with Crippen LogP contribution in [0.2, 0.25) is 0 Å². The molecular weight excluding hydrogens is 248 g/mol. The molecule has 0 heterocycles. The third-order valence-electron chi connectivity index (χ3n) is 4.76. The van der Waals surface area contributed by atoms with Gasteiger partial charge in [-0.2, -0.15) is 0 Å². The van der Waals surface area contributed by atoms with Crippen LogP contribution in [0.5, 0.6) is 0 Å². The highest BCUT2D eigenvalue weighted by Gasteiger charge is 2.23. The highest BCUT2D eigenvalue weighted by molar-refractivity contribution is 5.76. The van der Waals surface area contributed by atoms with Crippen molar-refractivity contribution < 1.29 is 4.79 Å². The predicted octanol–water partition coefficient (Wildman–Crippen LogP) is 3.62. The van der Waals surface area contributed by atoms with Gasteiger partial charge < -0.3 is 11.1 Å². The Kier molecular flexibility index (Phi) is 7.57. The number of nitrogens with one attached hydrogen (secondary N) is 1. The second kappa shape index (κ2) is 8.66. The first-order chi connectivity index (χ1) is 9.46. The van der Waals surface area contributed by atoms with Gasteiger partial charge in [0.2, 0.25) is 5.91 Å². The van der Waals surface area contributed by atoms with Crippen molar-refractivity contribution >= 4 is 5.91 Å². The fourth-order valence-electron chi connectivity index (χ4n) is 3.27. The van der Waals surface area contributed by atoms with E-state index in [4.69, 9.17) is 5.73 Å². The van der Waals surface area contributed by atoms with Crippen LogP contribution in [0.4, 0.5) is 0 Å². The maximum atomic E-state index is 12.0. The molecule has 3 heteroatoms. The molecule has 0 spiro atoms. The average molecular weight is 282 g/mol. The summed E-state index contributed by atoms with van der Waals surface area (Å²) in [5.74, 6) is 1.13. The van der Waals surface area contributed by atoms with E-state index in [1.807, 2.05) is 0 Å². The first-order valence-corrected chi connectivity index (χ1v) is 8.46. The summed E-state index contributed by atoms with van der Waals surface area (Å²) in [6, 6.07) is 0.424. The summed E-state index contributed by atoms with van der Waals surface area (Å²) in [6.45, 7) is 7.36. The average Bonchev–Trinajstić information content (AvgIpc) is 2.39. The van der Waals surface area contributed by atoms with Crippen LogP contribution in [0.3, 0.4) is 0 Å². The Morgan fingerprint density at radius 2 is 1.85 bits per heavy atom. The Balaban J connectivity index is 2.20. The van der Waals surface area contributed by atoms with Crippen LogP contribution in [0.15, 0.2) is 0 Å². The SMILES string of the molecule is CCCC1CCC(NC(=O)CCC(C)(C)CCN)CC1. The van der Waals surface area contributed by atoms with Gasteiger partial charge in [0, 0.05) is 12.5 Å². The molecule has 3 N–H and O–H groups in total. The van der Waals surface area contributed by atoms with Gasteiger partial charge in [0.05, 0.1) is 0 Å². The van der Waals surface area contributed by atoms with Crippen LogP contribution in [-0.4, -0.2) is 18.5 Å². The van der Waals surface area contributed by atoms with Gasteiger partial charge in [-0.3, -0.25) is 4.79 Å². The largest absolute Gasteiger partial charge is 0.353 e. The number of nitrogens with two attached hydrogens (primary N) is 1. The van der Waals surface area contributed by atoms with Crippen molar-refractivity contribution in [2.75, 3.05) is 6.54 Å². The van der Waals surface area contributed by atoms with Gasteiger partial charge >= 0.3 is 0 Å². The molecule has 1 aliphatic rings. The summed E-state index contributed by atoms with van der Waals surface area (Å²) >= 11 is 0. The van der Waals surface area contributed by atoms with Crippen LogP contribution in [0.25, 0.3) is 0 Å². The molecule has 20 heavy (non-hydrogen) atoms. The first-order valence-electron chi connectivity index (χ1n) is 8.46. The normalized spacial score (nSPS) is 23.6. The van der Waals surface area contributed by atoms with Crippen molar-refractivity contribution in [3.05, 3.63) is 0 Å². The zero-order chi connectivity index (χ0) is 15.0. The summed E-state index contributed by atoms with van der Waals surface area (Å²) in [7, 11) is 0. The Morgan fingerprint density at radius 1 is 1.20 bits per heavy atom. The molecule has 0 atom stereocenters. The van der Waals surface area contributed by atoms with Gasteiger partial charge in [0.1, 0.15) is 0 Å². The van der Waals surface area contributed by atoms with Crippen LogP contribution in [-0.2, 0) is 4.79 Å². The van der Waals surface area contributed by atoms with Gasteiger partial charge in [-0.1, -0.05) is 33.6 Å². The zero-order valence-corrected chi connectivity index (χ0v) is 13.7. The molecule has 0 aromatic carbocycles. The second-order valence-corrected chi connectivity index (χ2v) is 7.28. The predicted molar refractivity (Wildman–Crippen MR) is 85.5 cm³/mol. The minimum absolute atomic E-state index is 0.185. The zero-order valence-electron chi connectivity index (χ0n) is 13.7. The maximum absolute atomic E-state index is 12.0. The Labute approximate surface area is 125 Å². The molecule has 0 unspecified atom stereocenters. The molecule has 0 saturated heterocycles. The van der Waals surface area contributed by atoms with Crippen molar-refractivity contribution in [1.29, 1.82) is 0 Å². The monoisotopic (exact) mass is 282 g/mol. The fraction of sp³-hybridized carbons (Fsp3) is 0.941. The lowest BCUT2D eigenvalue weighted by molar-refractivity contribution is -0.122. The molecule has 1 fully saturated rings. The van der Waals surface area contributed by atoms with E-state index < -0.39 is 0 Å². The number of hydrogen-bond acceptors (Lipinski definition) is 2. The number of carbonyl (C=O) groups excluding carboxylic acids is 1. The van der Waals surface area contributed by atoms with Gasteiger partial charge in [0.25, 0.3) is 0 Å². The van der Waals surface area contributed by atoms with E-state index in [0.29, 0.717) is 19.0 Å². The number of hydrogen-bond donors (Lipinski definition) is 2. The molecule has 1 saturated carbocycles. The topological polar surface area (TPSA) is 55.1 Å². The van der Waals surface area contributed by atoms with Crippen LogP contribution in [0, 0.1) is 11.3 Å². The molecule has 0 radical (unpaired) electrons. The fourth-order valence-corrected chi connectivity index (χ4v) is 3.27. The maximum Gasteiger partial charge on any atom is 0.220 e. The van der Waals surface area contributed by atoms with Crippen molar-refractivity contribution in [1.82, 2.24) is 5.32 Å². The van der Waals surface area contributed by atoms with Crippen LogP contribution >= 0.6 is 0 Å². The Bertz CT molecular complexity index is 281. The molecular formula is C17H34N2O. The highest BCUT2D eigenvalue weighted by atomic mass is 16.1. The molecule has 118 valence electrons. The molecule has 1 rings (SSSR count). The van der Waals surface area contributed by atoms with E-state index in [1.54, 1.807) is 0 Å². The molecule has 0 bridgehead atoms. The highest BCUT2D eigenvalue weighted by Crippen LogP contribution is 2.28. The minimum Gasteiger partial charge on any atom is -0.353 e. The quantitative estimate of drug-likeness (QED) is 0.714. The van der Waals surface area contributed by atoms with E-state index in [1.165, 1.54) is 38.5 Å². The van der Waals surface area contributed by atoms with Crippen molar-refractivity contribution in [3.63, 3.8) is 0 Å². The Morgan fingerprint density at radius 3 is 2.40 bits per heavy atom. The Hall–Kier alpha value is -0.570. The van der Waals surface area contributed by atoms with Gasteiger partial charge in [-0.25, -0.2) is 0 Å². The van der Waals surface area contributed by atoms with Crippen LogP contribution in [0.1, 0.15) is 78.6 Å². The van der Waals surface area contributed by atoms with E-state index >= 15 is 0 Å². The number of carbonyl (C=O) groups is 1. The summed E-state index contributed by atoms with van der Waals surface area (Å²) in [5, 5.41) is 3.23. The lowest BCUT2D eigenvalue weighted by Crippen LogP contribution is -2.38. The smallest absolute Gasteiger partial charge is 0.220 e. The molecule has 0 aliphatic heterocycles. The van der Waals surface area contributed by atoms with Gasteiger partial charge in [0.15, 0.2) is 0 Å². The van der Waals surface area contributed by atoms with Crippen molar-refractivity contribution in [3.8, 4) is 0 Å². The second-order valence-electron chi connectivity index (χ2n) is 7.28. The molecule has 0 aromatic heterocycles. The molecule has 1 amide bonds. The number of amides is 1. The first kappa shape index (κ1) is 17.5. The van der Waals surface area contributed by atoms with E-state index in [0.717, 1.165) is 18.8 Å². The van der Waals surface area contributed by atoms with Crippen molar-refractivity contribution in [2.24, 2.45) is 17.1 Å². The standard InChI is InChI=1S/C17H34N2O/c1-4-5-14-6-8-15(9-7-14)19-16(20)10-11-17(2,3)12-13-18/h14-15H,4-13,18H2,1-3H3,(H,19,20). The summed E-state index contributed by atoms with van der Waals surface area (Å²) in [4.78, 5) is 12.0. The lowest BCUT2D eigenvalue weighted by atomic mass is 9.83. The van der Waals surface area contributed by atoms with E-state index in [2.05, 4.69) is 26.1 Å². The van der Waals surface area contributed by atoms with E-state index in [-0.39, 0.29) is 11.3 Å². The summed E-state index contributed by atoms with van der Waals surface area (Å²) < 4.78 is 0. The molecule has 3 nitrogen and oxygen atoms in total. The number of rotatable bonds is 8. The third-order valence-corrected chi connectivity index (χ3v) is 4.76. The summed E-state index contributed by atoms with van der Waals surface area (Å²) in [6.07, 6.45) is 10.1. The van der Waals surface area contributed by atoms with Gasteiger partial charge in [-0.15, -0.1) is 0 Å². The third kappa shape index (κ3) is 6.74. The minimum atomic E-state index is 0.185. The van der Waals surface area contributed by atoms with Crippen molar-refractivity contribution in [2.45, 2.75) is 84.6 Å². The molecule has 1 aliphatic carbocycles. The van der Waals surface area contributed by atoms with Crippen LogP contribution < -0.4 is 11.1 Å². The lowest BCUT2D eigenvalue weighted by Gasteiger charge is -2.29. The van der Waals surface area contributed by atoms with E-state index in [9.17, 15) is 4.79 Å². The molecule has 0 aromatic rings. The summed E-state index contributed by atoms with van der Waals surface area (Å²) in [5.41, 5.74) is 5.79. The van der Waals surface area contributed by atoms with Gasteiger partial charge in [-0.05, 0) is 56.4 Å².